The molecular formula is C21H26F6N2O3. The number of hydrogen-bond acceptors (Lipinski definition) is 4. The van der Waals surface area contributed by atoms with Crippen molar-refractivity contribution in [2.24, 2.45) is 0 Å². The van der Waals surface area contributed by atoms with Crippen LogP contribution in [0.2, 0.25) is 0 Å². The molecule has 0 aliphatic carbocycles. The van der Waals surface area contributed by atoms with Gasteiger partial charge in [-0.1, -0.05) is 0 Å². The summed E-state index contributed by atoms with van der Waals surface area (Å²) in [6.07, 6.45) is -9.89. The van der Waals surface area contributed by atoms with E-state index in [0.717, 1.165) is 6.07 Å². The molecule has 32 heavy (non-hydrogen) atoms. The molecule has 1 unspecified atom stereocenters. The Hall–Kier alpha value is -2.46. The quantitative estimate of drug-likeness (QED) is 0.457. The summed E-state index contributed by atoms with van der Waals surface area (Å²) < 4.78 is 83.9. The van der Waals surface area contributed by atoms with Gasteiger partial charge in [-0.3, -0.25) is 9.59 Å². The maximum Gasteiger partial charge on any atom is 0.417 e. The van der Waals surface area contributed by atoms with Gasteiger partial charge >= 0.3 is 18.3 Å². The number of carbonyl (C=O) groups excluding carboxylic acids is 2. The predicted octanol–water partition coefficient (Wildman–Crippen LogP) is 4.88. The number of rotatable bonds is 5. The third-order valence-electron chi connectivity index (χ3n) is 4.92. The van der Waals surface area contributed by atoms with Crippen LogP contribution in [-0.4, -0.2) is 48.1 Å². The van der Waals surface area contributed by atoms with E-state index in [-0.39, 0.29) is 37.6 Å². The van der Waals surface area contributed by atoms with Crippen LogP contribution in [0.5, 0.6) is 0 Å². The molecule has 1 heterocycles. The number of nitrogens with zero attached hydrogens (tertiary/aromatic N) is 2. The molecule has 1 fully saturated rings. The fourth-order valence-corrected chi connectivity index (χ4v) is 3.50. The van der Waals surface area contributed by atoms with Crippen molar-refractivity contribution in [3.05, 3.63) is 29.3 Å². The normalized spacial score (nSPS) is 18.2. The summed E-state index contributed by atoms with van der Waals surface area (Å²) in [6.45, 7) is 7.26. The molecule has 0 aromatic heterocycles. The number of anilines is 1. The first-order valence-corrected chi connectivity index (χ1v) is 10.1. The SMILES string of the molecule is CC1C(=O)N(CCCC(=O)OC(C)(C)C)CCN1c1ccc(C(F)(F)F)c(C(F)(F)F)c1. The summed E-state index contributed by atoms with van der Waals surface area (Å²) in [5.41, 5.74) is -4.29. The van der Waals surface area contributed by atoms with Crippen molar-refractivity contribution in [1.82, 2.24) is 4.90 Å². The van der Waals surface area contributed by atoms with Crippen molar-refractivity contribution in [2.45, 2.75) is 64.5 Å². The van der Waals surface area contributed by atoms with Crippen molar-refractivity contribution in [2.75, 3.05) is 24.5 Å². The highest BCUT2D eigenvalue weighted by atomic mass is 19.4. The maximum atomic E-state index is 13.2. The zero-order chi connectivity index (χ0) is 24.5. The molecule has 180 valence electrons. The fourth-order valence-electron chi connectivity index (χ4n) is 3.50. The lowest BCUT2D eigenvalue weighted by Crippen LogP contribution is -2.56. The lowest BCUT2D eigenvalue weighted by Gasteiger charge is -2.40. The molecule has 0 radical (unpaired) electrons. The number of carbonyl (C=O) groups is 2. The van der Waals surface area contributed by atoms with Crippen molar-refractivity contribution in [3.63, 3.8) is 0 Å². The molecule has 1 aliphatic heterocycles. The van der Waals surface area contributed by atoms with Crippen LogP contribution in [0.1, 0.15) is 51.7 Å². The van der Waals surface area contributed by atoms with Gasteiger partial charge in [0.1, 0.15) is 11.6 Å². The van der Waals surface area contributed by atoms with Crippen LogP contribution in [0, 0.1) is 0 Å². The Kier molecular flexibility index (Phi) is 7.41. The number of esters is 1. The van der Waals surface area contributed by atoms with E-state index in [1.54, 1.807) is 20.8 Å². The molecule has 0 bridgehead atoms. The molecule has 0 spiro atoms. The van der Waals surface area contributed by atoms with Crippen LogP contribution < -0.4 is 4.90 Å². The number of amides is 1. The van der Waals surface area contributed by atoms with Gasteiger partial charge in [-0.2, -0.15) is 26.3 Å². The molecule has 1 aliphatic rings. The Morgan fingerprint density at radius 1 is 1.03 bits per heavy atom. The number of piperazine rings is 1. The first kappa shape index (κ1) is 25.8. The largest absolute Gasteiger partial charge is 0.460 e. The smallest absolute Gasteiger partial charge is 0.417 e. The Bertz CT molecular complexity index is 845. The Balaban J connectivity index is 2.09. The van der Waals surface area contributed by atoms with E-state index in [0.29, 0.717) is 18.6 Å². The average Bonchev–Trinajstić information content (AvgIpc) is 2.62. The van der Waals surface area contributed by atoms with E-state index in [1.165, 1.54) is 16.7 Å². The van der Waals surface area contributed by atoms with Gasteiger partial charge in [0.25, 0.3) is 0 Å². The number of hydrogen-bond donors (Lipinski definition) is 0. The Morgan fingerprint density at radius 3 is 2.16 bits per heavy atom. The maximum absolute atomic E-state index is 13.2. The lowest BCUT2D eigenvalue weighted by atomic mass is 10.0. The highest BCUT2D eigenvalue weighted by Gasteiger charge is 2.44. The highest BCUT2D eigenvalue weighted by molar-refractivity contribution is 5.86. The van der Waals surface area contributed by atoms with E-state index in [4.69, 9.17) is 4.74 Å². The molecule has 2 rings (SSSR count). The monoisotopic (exact) mass is 468 g/mol. The van der Waals surface area contributed by atoms with Crippen LogP contribution in [0.25, 0.3) is 0 Å². The zero-order valence-electron chi connectivity index (χ0n) is 18.2. The predicted molar refractivity (Wildman–Crippen MR) is 105 cm³/mol. The number of halogens is 6. The molecule has 0 saturated carbocycles. The van der Waals surface area contributed by atoms with Crippen LogP contribution in [-0.2, 0) is 26.7 Å². The van der Waals surface area contributed by atoms with Gasteiger partial charge in [0.15, 0.2) is 0 Å². The van der Waals surface area contributed by atoms with Gasteiger partial charge in [-0.05, 0) is 52.3 Å². The van der Waals surface area contributed by atoms with Crippen molar-refractivity contribution >= 4 is 17.6 Å². The Labute approximate surface area is 182 Å². The van der Waals surface area contributed by atoms with E-state index in [1.807, 2.05) is 0 Å². The standard InChI is InChI=1S/C21H26F6N2O3/c1-13-18(31)28(9-5-6-17(30)32-19(2,3)4)10-11-29(13)14-7-8-15(20(22,23)24)16(12-14)21(25,26)27/h7-8,12-13H,5-6,9-11H2,1-4H3. The van der Waals surface area contributed by atoms with Crippen molar-refractivity contribution in [3.8, 4) is 0 Å². The minimum atomic E-state index is -5.20. The van der Waals surface area contributed by atoms with Gasteiger partial charge in [-0.25, -0.2) is 0 Å². The van der Waals surface area contributed by atoms with Gasteiger partial charge in [-0.15, -0.1) is 0 Å². The number of benzene rings is 1. The molecule has 1 aromatic carbocycles. The molecule has 1 aromatic rings. The third-order valence-corrected chi connectivity index (χ3v) is 4.92. The van der Waals surface area contributed by atoms with E-state index in [2.05, 4.69) is 0 Å². The Morgan fingerprint density at radius 2 is 1.62 bits per heavy atom. The molecule has 1 atom stereocenters. The molecule has 5 nitrogen and oxygen atoms in total. The van der Waals surface area contributed by atoms with Crippen molar-refractivity contribution in [1.29, 1.82) is 0 Å². The van der Waals surface area contributed by atoms with E-state index >= 15 is 0 Å². The highest BCUT2D eigenvalue weighted by Crippen LogP contribution is 2.42. The molecule has 0 N–H and O–H groups in total. The molecule has 1 amide bonds. The minimum absolute atomic E-state index is 0.104. The van der Waals surface area contributed by atoms with Gasteiger partial charge < -0.3 is 14.5 Å². The second-order valence-corrected chi connectivity index (χ2v) is 8.61. The zero-order valence-corrected chi connectivity index (χ0v) is 18.2. The van der Waals surface area contributed by atoms with Crippen LogP contribution in [0.4, 0.5) is 32.0 Å². The van der Waals surface area contributed by atoms with Gasteiger partial charge in [0, 0.05) is 31.7 Å². The summed E-state index contributed by atoms with van der Waals surface area (Å²) in [6, 6.07) is 0.899. The summed E-state index contributed by atoms with van der Waals surface area (Å²) >= 11 is 0. The van der Waals surface area contributed by atoms with Gasteiger partial charge in [0.05, 0.1) is 11.1 Å². The second-order valence-electron chi connectivity index (χ2n) is 8.61. The van der Waals surface area contributed by atoms with Gasteiger partial charge in [0.2, 0.25) is 5.91 Å². The van der Waals surface area contributed by atoms with Crippen LogP contribution >= 0.6 is 0 Å². The van der Waals surface area contributed by atoms with Crippen LogP contribution in [0.3, 0.4) is 0 Å². The molecule has 11 heteroatoms. The topological polar surface area (TPSA) is 49.9 Å². The molecule has 1 saturated heterocycles. The first-order chi connectivity index (χ1) is 14.5. The first-order valence-electron chi connectivity index (χ1n) is 10.1. The summed E-state index contributed by atoms with van der Waals surface area (Å²) in [5, 5.41) is 0. The minimum Gasteiger partial charge on any atom is -0.460 e. The fraction of sp³-hybridized carbons (Fsp3) is 0.619. The van der Waals surface area contributed by atoms with Crippen LogP contribution in [0.15, 0.2) is 18.2 Å². The molecular weight excluding hydrogens is 442 g/mol. The van der Waals surface area contributed by atoms with E-state index in [9.17, 15) is 35.9 Å². The number of alkyl halides is 6. The lowest BCUT2D eigenvalue weighted by molar-refractivity contribution is -0.162. The number of ether oxygens (including phenoxy) is 1. The summed E-state index contributed by atoms with van der Waals surface area (Å²) in [4.78, 5) is 27.3. The summed E-state index contributed by atoms with van der Waals surface area (Å²) in [7, 11) is 0. The average molecular weight is 468 g/mol. The second kappa shape index (κ2) is 9.19. The summed E-state index contributed by atoms with van der Waals surface area (Å²) in [5.74, 6) is -0.782. The third kappa shape index (κ3) is 6.52. The van der Waals surface area contributed by atoms with Crippen molar-refractivity contribution < 1.29 is 40.7 Å². The van der Waals surface area contributed by atoms with E-state index < -0.39 is 41.1 Å².